The summed E-state index contributed by atoms with van der Waals surface area (Å²) >= 11 is 5.90. The van der Waals surface area contributed by atoms with Crippen LogP contribution in [0.2, 0.25) is 5.02 Å². The van der Waals surface area contributed by atoms with E-state index in [2.05, 4.69) is 10.3 Å². The maximum Gasteiger partial charge on any atom is 0.252 e. The Bertz CT molecular complexity index is 853. The van der Waals surface area contributed by atoms with Crippen LogP contribution in [-0.4, -0.2) is 33.0 Å². The molecule has 1 heterocycles. The standard InChI is InChI=1S/C16H17ClN2O4S/c1-3-19-16(20)12-6-11(8-18-9-12)10-24(21,22)15-7-13(17)4-5-14(15)23-2/h4-9H,3,10H2,1-2H3,(H,19,20). The summed E-state index contributed by atoms with van der Waals surface area (Å²) in [6.45, 7) is 2.27. The molecule has 1 aromatic carbocycles. The summed E-state index contributed by atoms with van der Waals surface area (Å²) in [6.07, 6.45) is 2.80. The highest BCUT2D eigenvalue weighted by molar-refractivity contribution is 7.90. The minimum Gasteiger partial charge on any atom is -0.495 e. The second kappa shape index (κ2) is 7.63. The fraction of sp³-hybridized carbons (Fsp3) is 0.250. The van der Waals surface area contributed by atoms with Crippen molar-refractivity contribution in [2.24, 2.45) is 0 Å². The second-order valence-electron chi connectivity index (χ2n) is 5.00. The van der Waals surface area contributed by atoms with Crippen molar-refractivity contribution in [2.75, 3.05) is 13.7 Å². The van der Waals surface area contributed by atoms with E-state index in [1.165, 1.54) is 37.7 Å². The van der Waals surface area contributed by atoms with Crippen LogP contribution in [0.3, 0.4) is 0 Å². The molecule has 8 heteroatoms. The van der Waals surface area contributed by atoms with Gasteiger partial charge in [0.15, 0.2) is 9.84 Å². The van der Waals surface area contributed by atoms with Crippen LogP contribution in [0.5, 0.6) is 5.75 Å². The summed E-state index contributed by atoms with van der Waals surface area (Å²) in [5.41, 5.74) is 0.711. The summed E-state index contributed by atoms with van der Waals surface area (Å²) in [7, 11) is -2.33. The van der Waals surface area contributed by atoms with Gasteiger partial charge < -0.3 is 10.1 Å². The van der Waals surface area contributed by atoms with Gasteiger partial charge in [-0.25, -0.2) is 8.42 Å². The summed E-state index contributed by atoms with van der Waals surface area (Å²) in [6, 6.07) is 5.90. The molecule has 0 radical (unpaired) electrons. The molecule has 1 N–H and O–H groups in total. The normalized spacial score (nSPS) is 11.1. The van der Waals surface area contributed by atoms with Crippen LogP contribution in [0.25, 0.3) is 0 Å². The molecule has 2 rings (SSSR count). The number of amides is 1. The number of nitrogens with one attached hydrogen (secondary N) is 1. The zero-order chi connectivity index (χ0) is 17.7. The molecule has 0 aliphatic rings. The first kappa shape index (κ1) is 18.2. The number of hydrogen-bond donors (Lipinski definition) is 1. The van der Waals surface area contributed by atoms with Gasteiger partial charge in [-0.05, 0) is 36.8 Å². The number of carbonyl (C=O) groups excluding carboxylic acids is 1. The van der Waals surface area contributed by atoms with Gasteiger partial charge in [0.25, 0.3) is 5.91 Å². The third-order valence-corrected chi connectivity index (χ3v) is 5.15. The third kappa shape index (κ3) is 4.24. The van der Waals surface area contributed by atoms with E-state index in [4.69, 9.17) is 16.3 Å². The molecule has 0 spiro atoms. The largest absolute Gasteiger partial charge is 0.495 e. The van der Waals surface area contributed by atoms with Gasteiger partial charge in [-0.15, -0.1) is 0 Å². The molecule has 0 saturated heterocycles. The van der Waals surface area contributed by atoms with Crippen molar-refractivity contribution in [3.05, 3.63) is 52.8 Å². The highest BCUT2D eigenvalue weighted by Gasteiger charge is 2.21. The number of pyridine rings is 1. The Labute approximate surface area is 145 Å². The molecule has 0 unspecified atom stereocenters. The zero-order valence-corrected chi connectivity index (χ0v) is 14.8. The zero-order valence-electron chi connectivity index (χ0n) is 13.2. The smallest absolute Gasteiger partial charge is 0.252 e. The second-order valence-corrected chi connectivity index (χ2v) is 7.39. The molecular weight excluding hydrogens is 352 g/mol. The SMILES string of the molecule is CCNC(=O)c1cncc(CS(=O)(=O)c2cc(Cl)ccc2OC)c1. The maximum absolute atomic E-state index is 12.7. The molecule has 24 heavy (non-hydrogen) atoms. The van der Waals surface area contributed by atoms with E-state index in [9.17, 15) is 13.2 Å². The quantitative estimate of drug-likeness (QED) is 0.846. The first-order chi connectivity index (χ1) is 11.4. The third-order valence-electron chi connectivity index (χ3n) is 3.21. The molecule has 0 fully saturated rings. The Balaban J connectivity index is 2.35. The minimum atomic E-state index is -3.71. The van der Waals surface area contributed by atoms with E-state index in [1.54, 1.807) is 13.0 Å². The van der Waals surface area contributed by atoms with Gasteiger partial charge in [0.2, 0.25) is 0 Å². The van der Waals surface area contributed by atoms with Gasteiger partial charge in [0, 0.05) is 24.0 Å². The molecule has 2 aromatic rings. The lowest BCUT2D eigenvalue weighted by Crippen LogP contribution is -2.23. The van der Waals surface area contributed by atoms with Crippen LogP contribution < -0.4 is 10.1 Å². The van der Waals surface area contributed by atoms with Gasteiger partial charge in [-0.3, -0.25) is 9.78 Å². The average molecular weight is 369 g/mol. The number of rotatable bonds is 6. The molecule has 1 aromatic heterocycles. The number of methoxy groups -OCH3 is 1. The van der Waals surface area contributed by atoms with E-state index in [-0.39, 0.29) is 22.3 Å². The highest BCUT2D eigenvalue weighted by Crippen LogP contribution is 2.29. The number of aromatic nitrogens is 1. The molecular formula is C16H17ClN2O4S. The van der Waals surface area contributed by atoms with E-state index >= 15 is 0 Å². The topological polar surface area (TPSA) is 85.4 Å². The van der Waals surface area contributed by atoms with Crippen molar-refractivity contribution < 1.29 is 17.9 Å². The minimum absolute atomic E-state index is 0.000845. The lowest BCUT2D eigenvalue weighted by Gasteiger charge is -2.10. The average Bonchev–Trinajstić information content (AvgIpc) is 2.55. The number of sulfone groups is 1. The van der Waals surface area contributed by atoms with E-state index in [0.29, 0.717) is 22.7 Å². The Kier molecular flexibility index (Phi) is 5.80. The fourth-order valence-corrected chi connectivity index (χ4v) is 3.90. The van der Waals surface area contributed by atoms with Crippen molar-refractivity contribution in [1.82, 2.24) is 10.3 Å². The molecule has 0 aliphatic carbocycles. The molecule has 0 saturated carbocycles. The first-order valence-corrected chi connectivity index (χ1v) is 9.19. The molecule has 128 valence electrons. The van der Waals surface area contributed by atoms with Gasteiger partial charge >= 0.3 is 0 Å². The van der Waals surface area contributed by atoms with Crippen molar-refractivity contribution in [2.45, 2.75) is 17.6 Å². The first-order valence-electron chi connectivity index (χ1n) is 7.15. The summed E-state index contributed by atoms with van der Waals surface area (Å²) in [5.74, 6) is -0.402. The van der Waals surface area contributed by atoms with Crippen LogP contribution in [0.4, 0.5) is 0 Å². The van der Waals surface area contributed by atoms with Crippen molar-refractivity contribution in [3.8, 4) is 5.75 Å². The highest BCUT2D eigenvalue weighted by atomic mass is 35.5. The summed E-state index contributed by atoms with van der Waals surface area (Å²) < 4.78 is 30.4. The molecule has 0 bridgehead atoms. The monoisotopic (exact) mass is 368 g/mol. The molecule has 0 aliphatic heterocycles. The Morgan fingerprint density at radius 1 is 1.29 bits per heavy atom. The van der Waals surface area contributed by atoms with E-state index < -0.39 is 9.84 Å². The lowest BCUT2D eigenvalue weighted by atomic mass is 10.2. The van der Waals surface area contributed by atoms with Crippen LogP contribution in [0, 0.1) is 0 Å². The number of carbonyl (C=O) groups is 1. The lowest BCUT2D eigenvalue weighted by molar-refractivity contribution is 0.0955. The molecule has 6 nitrogen and oxygen atoms in total. The number of nitrogens with zero attached hydrogens (tertiary/aromatic N) is 1. The Morgan fingerprint density at radius 3 is 2.71 bits per heavy atom. The van der Waals surface area contributed by atoms with Gasteiger partial charge in [0.1, 0.15) is 10.6 Å². The van der Waals surface area contributed by atoms with Gasteiger partial charge in [-0.2, -0.15) is 0 Å². The predicted molar refractivity (Wildman–Crippen MR) is 91.1 cm³/mol. The van der Waals surface area contributed by atoms with Crippen molar-refractivity contribution in [3.63, 3.8) is 0 Å². The maximum atomic E-state index is 12.7. The van der Waals surface area contributed by atoms with Gasteiger partial charge in [-0.1, -0.05) is 11.6 Å². The van der Waals surface area contributed by atoms with Gasteiger partial charge in [0.05, 0.1) is 18.4 Å². The fourth-order valence-electron chi connectivity index (χ4n) is 2.14. The van der Waals surface area contributed by atoms with Crippen LogP contribution in [0.15, 0.2) is 41.6 Å². The number of ether oxygens (including phenoxy) is 1. The van der Waals surface area contributed by atoms with Crippen molar-refractivity contribution in [1.29, 1.82) is 0 Å². The Morgan fingerprint density at radius 2 is 2.04 bits per heavy atom. The predicted octanol–water partition coefficient (Wildman–Crippen LogP) is 2.47. The number of halogens is 1. The van der Waals surface area contributed by atoms with Crippen LogP contribution in [0.1, 0.15) is 22.8 Å². The van der Waals surface area contributed by atoms with Crippen LogP contribution in [-0.2, 0) is 15.6 Å². The Hall–Kier alpha value is -2.12. The number of hydrogen-bond acceptors (Lipinski definition) is 5. The van der Waals surface area contributed by atoms with E-state index in [0.717, 1.165) is 0 Å². The molecule has 1 amide bonds. The summed E-state index contributed by atoms with van der Waals surface area (Å²) in [4.78, 5) is 15.8. The van der Waals surface area contributed by atoms with Crippen LogP contribution >= 0.6 is 11.6 Å². The van der Waals surface area contributed by atoms with Crippen molar-refractivity contribution >= 4 is 27.3 Å². The summed E-state index contributed by atoms with van der Waals surface area (Å²) in [5, 5.41) is 2.94. The number of benzene rings is 1. The van der Waals surface area contributed by atoms with E-state index in [1.807, 2.05) is 0 Å². The molecule has 0 atom stereocenters.